The number of anilines is 6. The largest absolute Gasteiger partial charge is 0.311 e. The van der Waals surface area contributed by atoms with Gasteiger partial charge >= 0.3 is 0 Å². The van der Waals surface area contributed by atoms with Crippen LogP contribution in [-0.4, -0.2) is 6.71 Å². The van der Waals surface area contributed by atoms with Crippen molar-refractivity contribution in [1.29, 1.82) is 0 Å². The van der Waals surface area contributed by atoms with Crippen molar-refractivity contribution in [3.05, 3.63) is 174 Å². The standard InChI is InChI=1S/C52H41BN2/c1-2-15-34(16-3-1)54-47-23-14-24-48-50(47)53(45-32-39-37-18-5-7-20-41(37)52(29-12-13-30-52)43(39)33-49(45)54)44-21-8-9-22-46(44)55(48)35-25-26-42-38(31-35)36-17-4-6-19-40(36)51(42)27-10-11-28-51/h1-9,14-26,31-33H,10-13,27-30H2. The zero-order chi connectivity index (χ0) is 35.9. The van der Waals surface area contributed by atoms with Gasteiger partial charge in [0.15, 0.2) is 0 Å². The summed E-state index contributed by atoms with van der Waals surface area (Å²) >= 11 is 0. The number of rotatable bonds is 2. The molecule has 262 valence electrons. The van der Waals surface area contributed by atoms with Crippen molar-refractivity contribution in [1.82, 2.24) is 0 Å². The summed E-state index contributed by atoms with van der Waals surface area (Å²) in [6.07, 6.45) is 10.2. The third kappa shape index (κ3) is 3.82. The lowest BCUT2D eigenvalue weighted by Crippen LogP contribution is -2.61. The first kappa shape index (κ1) is 30.5. The van der Waals surface area contributed by atoms with Crippen molar-refractivity contribution >= 4 is 57.2 Å². The van der Waals surface area contributed by atoms with Gasteiger partial charge in [0, 0.05) is 45.0 Å². The van der Waals surface area contributed by atoms with Crippen LogP contribution in [0.3, 0.4) is 0 Å². The minimum atomic E-state index is 0.107. The molecule has 13 rings (SSSR count). The van der Waals surface area contributed by atoms with Gasteiger partial charge in [-0.1, -0.05) is 129 Å². The Hall–Kier alpha value is -5.80. The summed E-state index contributed by atoms with van der Waals surface area (Å²) in [5, 5.41) is 0. The van der Waals surface area contributed by atoms with Crippen molar-refractivity contribution in [2.45, 2.75) is 62.2 Å². The van der Waals surface area contributed by atoms with Crippen LogP contribution >= 0.6 is 0 Å². The molecule has 7 aromatic carbocycles. The Bertz CT molecular complexity index is 2750. The van der Waals surface area contributed by atoms with Gasteiger partial charge in [-0.15, -0.1) is 0 Å². The number of nitrogens with zero attached hydrogens (tertiary/aromatic N) is 2. The lowest BCUT2D eigenvalue weighted by atomic mass is 9.33. The molecule has 0 bridgehead atoms. The van der Waals surface area contributed by atoms with Gasteiger partial charge < -0.3 is 9.80 Å². The fraction of sp³-hybridized carbons (Fsp3) is 0.192. The van der Waals surface area contributed by atoms with E-state index in [2.05, 4.69) is 161 Å². The molecule has 0 atom stereocenters. The van der Waals surface area contributed by atoms with Crippen LogP contribution in [0.25, 0.3) is 22.3 Å². The maximum Gasteiger partial charge on any atom is 0.252 e. The molecule has 2 nitrogen and oxygen atoms in total. The zero-order valence-corrected chi connectivity index (χ0v) is 31.1. The van der Waals surface area contributed by atoms with Crippen molar-refractivity contribution in [3.8, 4) is 22.3 Å². The smallest absolute Gasteiger partial charge is 0.252 e. The van der Waals surface area contributed by atoms with Crippen molar-refractivity contribution < 1.29 is 0 Å². The van der Waals surface area contributed by atoms with Crippen molar-refractivity contribution in [3.63, 3.8) is 0 Å². The molecule has 2 aliphatic heterocycles. The topological polar surface area (TPSA) is 6.48 Å². The highest BCUT2D eigenvalue weighted by Crippen LogP contribution is 2.60. The summed E-state index contributed by atoms with van der Waals surface area (Å²) in [6.45, 7) is 0.114. The van der Waals surface area contributed by atoms with E-state index < -0.39 is 0 Å². The van der Waals surface area contributed by atoms with Crippen LogP contribution in [-0.2, 0) is 10.8 Å². The minimum Gasteiger partial charge on any atom is -0.311 e. The quantitative estimate of drug-likeness (QED) is 0.165. The predicted octanol–water partition coefficient (Wildman–Crippen LogP) is 11.5. The van der Waals surface area contributed by atoms with Gasteiger partial charge in [0.2, 0.25) is 0 Å². The second kappa shape index (κ2) is 10.9. The molecule has 2 spiro atoms. The van der Waals surface area contributed by atoms with Crippen molar-refractivity contribution in [2.75, 3.05) is 9.80 Å². The van der Waals surface area contributed by atoms with E-state index in [1.165, 1.54) is 135 Å². The van der Waals surface area contributed by atoms with Crippen LogP contribution in [0.4, 0.5) is 34.1 Å². The third-order valence-corrected chi connectivity index (χ3v) is 14.7. The van der Waals surface area contributed by atoms with E-state index in [1.54, 1.807) is 11.1 Å². The third-order valence-electron chi connectivity index (χ3n) is 14.7. The first-order valence-corrected chi connectivity index (χ1v) is 20.7. The summed E-state index contributed by atoms with van der Waals surface area (Å²) in [7, 11) is 0. The molecule has 2 saturated carbocycles. The molecule has 4 aliphatic carbocycles. The Morgan fingerprint density at radius 1 is 0.364 bits per heavy atom. The number of para-hydroxylation sites is 2. The molecule has 0 N–H and O–H groups in total. The molecule has 2 heterocycles. The van der Waals surface area contributed by atoms with Gasteiger partial charge in [-0.25, -0.2) is 0 Å². The molecule has 55 heavy (non-hydrogen) atoms. The molecule has 3 heteroatoms. The highest BCUT2D eigenvalue weighted by atomic mass is 15.2. The van der Waals surface area contributed by atoms with Gasteiger partial charge in [-0.3, -0.25) is 0 Å². The van der Waals surface area contributed by atoms with E-state index in [-0.39, 0.29) is 17.5 Å². The first-order chi connectivity index (χ1) is 27.3. The fourth-order valence-corrected chi connectivity index (χ4v) is 12.6. The number of fused-ring (bicyclic) bond motifs is 14. The molecular formula is C52H41BN2. The van der Waals surface area contributed by atoms with E-state index >= 15 is 0 Å². The maximum absolute atomic E-state index is 2.63. The average molecular weight is 705 g/mol. The van der Waals surface area contributed by atoms with Gasteiger partial charge in [-0.2, -0.15) is 0 Å². The molecule has 7 aromatic rings. The Labute approximate surface area is 324 Å². The predicted molar refractivity (Wildman–Crippen MR) is 230 cm³/mol. The highest BCUT2D eigenvalue weighted by molar-refractivity contribution is 7.00. The van der Waals surface area contributed by atoms with E-state index in [1.807, 2.05) is 0 Å². The van der Waals surface area contributed by atoms with Crippen LogP contribution in [0, 0.1) is 0 Å². The van der Waals surface area contributed by atoms with Crippen LogP contribution in [0.2, 0.25) is 0 Å². The molecule has 0 aromatic heterocycles. The number of hydrogen-bond donors (Lipinski definition) is 0. The molecule has 2 fully saturated rings. The summed E-state index contributed by atoms with van der Waals surface area (Å²) in [5.41, 5.74) is 24.0. The molecule has 0 radical (unpaired) electrons. The monoisotopic (exact) mass is 704 g/mol. The van der Waals surface area contributed by atoms with Gasteiger partial charge in [-0.05, 0) is 135 Å². The number of benzene rings is 7. The zero-order valence-electron chi connectivity index (χ0n) is 31.1. The fourth-order valence-electron chi connectivity index (χ4n) is 12.6. The van der Waals surface area contributed by atoms with E-state index in [4.69, 9.17) is 0 Å². The second-order valence-corrected chi connectivity index (χ2v) is 17.1. The molecule has 0 saturated heterocycles. The van der Waals surface area contributed by atoms with Crippen LogP contribution < -0.4 is 26.2 Å². The first-order valence-electron chi connectivity index (χ1n) is 20.7. The minimum absolute atomic E-state index is 0.107. The van der Waals surface area contributed by atoms with E-state index in [0.717, 1.165) is 0 Å². The molecular weight excluding hydrogens is 663 g/mol. The summed E-state index contributed by atoms with van der Waals surface area (Å²) in [6, 6.07) is 58.7. The number of hydrogen-bond acceptors (Lipinski definition) is 2. The summed E-state index contributed by atoms with van der Waals surface area (Å²) < 4.78 is 0. The van der Waals surface area contributed by atoms with Crippen LogP contribution in [0.15, 0.2) is 152 Å². The Morgan fingerprint density at radius 3 is 1.62 bits per heavy atom. The van der Waals surface area contributed by atoms with Crippen molar-refractivity contribution in [2.24, 2.45) is 0 Å². The Balaban J connectivity index is 1.07. The Morgan fingerprint density at radius 2 is 0.909 bits per heavy atom. The van der Waals surface area contributed by atoms with Gasteiger partial charge in [0.1, 0.15) is 0 Å². The summed E-state index contributed by atoms with van der Waals surface area (Å²) in [5.74, 6) is 0. The second-order valence-electron chi connectivity index (χ2n) is 17.1. The highest BCUT2D eigenvalue weighted by Gasteiger charge is 2.49. The van der Waals surface area contributed by atoms with E-state index in [0.29, 0.717) is 0 Å². The summed E-state index contributed by atoms with van der Waals surface area (Å²) in [4.78, 5) is 5.17. The normalized spacial score (nSPS) is 18.1. The molecule has 0 unspecified atom stereocenters. The van der Waals surface area contributed by atoms with Crippen LogP contribution in [0.1, 0.15) is 73.6 Å². The van der Waals surface area contributed by atoms with Gasteiger partial charge in [0.05, 0.1) is 0 Å². The van der Waals surface area contributed by atoms with E-state index in [9.17, 15) is 0 Å². The van der Waals surface area contributed by atoms with Gasteiger partial charge in [0.25, 0.3) is 6.71 Å². The average Bonchev–Trinajstić information content (AvgIpc) is 4.05. The Kier molecular flexibility index (Phi) is 6.06. The maximum atomic E-state index is 2.63. The lowest BCUT2D eigenvalue weighted by molar-refractivity contribution is 0.550. The molecule has 0 amide bonds. The SMILES string of the molecule is c1ccc(N2c3cc4c(cc3B3c5ccccc5N(c5ccc6c(c5)-c5ccccc5C65CCCC5)c5cccc2c53)-c2ccccc2C42CCCC2)cc1. The lowest BCUT2D eigenvalue weighted by Gasteiger charge is -2.44. The van der Waals surface area contributed by atoms with Crippen LogP contribution in [0.5, 0.6) is 0 Å². The molecule has 6 aliphatic rings.